The Bertz CT molecular complexity index is 1490. The van der Waals surface area contributed by atoms with Gasteiger partial charge in [-0.1, -0.05) is 109 Å². The lowest BCUT2D eigenvalue weighted by molar-refractivity contribution is 1.53. The maximum Gasteiger partial charge on any atom is 0.156 e. The second-order valence-electron chi connectivity index (χ2n) is 9.30. The van der Waals surface area contributed by atoms with Crippen LogP contribution in [0.2, 0.25) is 0 Å². The van der Waals surface area contributed by atoms with Gasteiger partial charge in [-0.2, -0.15) is 0 Å². The summed E-state index contributed by atoms with van der Waals surface area (Å²) in [6.45, 7) is 6.67. The minimum absolute atomic E-state index is 1.30. The monoisotopic (exact) mass is 451 g/mol. The van der Waals surface area contributed by atoms with E-state index in [4.69, 9.17) is 0 Å². The van der Waals surface area contributed by atoms with Crippen molar-refractivity contribution >= 4 is 56.7 Å². The number of rotatable bonds is 3. The summed E-state index contributed by atoms with van der Waals surface area (Å²) in [7, 11) is -1.30. The van der Waals surface area contributed by atoms with Gasteiger partial charge in [-0.15, -0.1) is 0 Å². The van der Waals surface area contributed by atoms with E-state index < -0.39 is 8.80 Å². The number of fused-ring (bicyclic) bond motifs is 3. The van der Waals surface area contributed by atoms with Gasteiger partial charge in [0.15, 0.2) is 8.80 Å². The topological polar surface area (TPSA) is 0 Å². The third-order valence-electron chi connectivity index (χ3n) is 7.23. The van der Waals surface area contributed by atoms with E-state index in [9.17, 15) is 0 Å². The van der Waals surface area contributed by atoms with Crippen molar-refractivity contribution in [1.29, 1.82) is 0 Å². The van der Waals surface area contributed by atoms with Crippen LogP contribution < -0.4 is 15.6 Å². The zero-order valence-electron chi connectivity index (χ0n) is 19.9. The van der Waals surface area contributed by atoms with Gasteiger partial charge in [0.1, 0.15) is 0 Å². The second-order valence-corrected chi connectivity index (χ2v) is 11.7. The lowest BCUT2D eigenvalue weighted by Gasteiger charge is -2.23. The minimum atomic E-state index is -1.30. The first-order chi connectivity index (χ1) is 16.6. The third kappa shape index (κ3) is 3.28. The van der Waals surface area contributed by atoms with Crippen LogP contribution in [0.3, 0.4) is 0 Å². The fourth-order valence-corrected chi connectivity index (χ4v) is 8.52. The average molecular weight is 452 g/mol. The Morgan fingerprint density at radius 3 is 0.882 bits per heavy atom. The molecule has 0 amide bonds. The van der Waals surface area contributed by atoms with Crippen molar-refractivity contribution in [3.63, 3.8) is 0 Å². The molecule has 0 aliphatic rings. The van der Waals surface area contributed by atoms with E-state index in [2.05, 4.69) is 130 Å². The van der Waals surface area contributed by atoms with E-state index in [1.54, 1.807) is 0 Å². The molecule has 0 N–H and O–H groups in total. The van der Waals surface area contributed by atoms with E-state index in [0.29, 0.717) is 0 Å². The van der Waals surface area contributed by atoms with Gasteiger partial charge >= 0.3 is 0 Å². The predicted molar refractivity (Wildman–Crippen MR) is 151 cm³/mol. The van der Waals surface area contributed by atoms with Crippen LogP contribution in [-0.4, -0.2) is 8.80 Å². The summed E-state index contributed by atoms with van der Waals surface area (Å²) in [5.41, 5.74) is 4.01. The highest BCUT2D eigenvalue weighted by Gasteiger charge is 2.26. The van der Waals surface area contributed by atoms with Crippen molar-refractivity contribution in [3.8, 4) is 0 Å². The zero-order valence-corrected chi connectivity index (χ0v) is 20.9. The molecule has 0 aromatic heterocycles. The third-order valence-corrected chi connectivity index (χ3v) is 10.2. The first-order valence-corrected chi connectivity index (χ1v) is 13.5. The number of benzene rings is 6. The molecule has 0 aliphatic heterocycles. The van der Waals surface area contributed by atoms with E-state index in [0.717, 1.165) is 0 Å². The Balaban J connectivity index is 1.77. The molecule has 34 heavy (non-hydrogen) atoms. The Hall–Kier alpha value is -3.68. The summed E-state index contributed by atoms with van der Waals surface area (Å²) >= 11 is 0. The second kappa shape index (κ2) is 8.27. The van der Waals surface area contributed by atoms with Gasteiger partial charge in [-0.3, -0.25) is 0 Å². The lowest BCUT2D eigenvalue weighted by atomic mass is 10.1. The lowest BCUT2D eigenvalue weighted by Crippen LogP contribution is -2.53. The van der Waals surface area contributed by atoms with Crippen molar-refractivity contribution in [1.82, 2.24) is 0 Å². The molecule has 0 unspecified atom stereocenters. The summed E-state index contributed by atoms with van der Waals surface area (Å²) in [5.74, 6) is 0. The molecule has 0 fully saturated rings. The maximum atomic E-state index is 2.40. The summed E-state index contributed by atoms with van der Waals surface area (Å²) in [6.07, 6.45) is 0. The smallest absolute Gasteiger partial charge is 0.0616 e. The van der Waals surface area contributed by atoms with Crippen LogP contribution in [-0.2, 0) is 0 Å². The highest BCUT2D eigenvalue weighted by atomic mass is 28.3. The van der Waals surface area contributed by atoms with E-state index >= 15 is 0 Å². The first kappa shape index (κ1) is 20.9. The summed E-state index contributed by atoms with van der Waals surface area (Å²) in [4.78, 5) is 0. The molecule has 0 bridgehead atoms. The predicted octanol–water partition coefficient (Wildman–Crippen LogP) is 6.59. The fraction of sp³-hybridized carbons (Fsp3) is 0.0909. The van der Waals surface area contributed by atoms with Crippen molar-refractivity contribution in [2.24, 2.45) is 0 Å². The van der Waals surface area contributed by atoms with Crippen LogP contribution in [0.1, 0.15) is 16.7 Å². The number of hydrogen-bond donors (Lipinski definition) is 0. The molecule has 6 aromatic carbocycles. The van der Waals surface area contributed by atoms with Crippen molar-refractivity contribution < 1.29 is 0 Å². The first-order valence-electron chi connectivity index (χ1n) is 12.0. The summed E-state index contributed by atoms with van der Waals surface area (Å²) < 4.78 is 0. The van der Waals surface area contributed by atoms with Crippen LogP contribution >= 0.6 is 0 Å². The molecule has 6 rings (SSSR count). The molecule has 0 aliphatic carbocycles. The molecule has 0 saturated carbocycles. The molecule has 0 atom stereocenters. The van der Waals surface area contributed by atoms with Crippen LogP contribution in [0.4, 0.5) is 0 Å². The molecule has 0 heterocycles. The Morgan fingerprint density at radius 1 is 0.324 bits per heavy atom. The average Bonchev–Trinajstić information content (AvgIpc) is 2.88. The van der Waals surface area contributed by atoms with E-state index in [1.807, 2.05) is 0 Å². The SMILES string of the molecule is Cc1ccc([Si](c2ccc(C)c3ccccc23)c2ccc(C)c3ccccc23)c2ccccc12. The molecule has 0 spiro atoms. The minimum Gasteiger partial charge on any atom is -0.0616 e. The largest absolute Gasteiger partial charge is 0.156 e. The van der Waals surface area contributed by atoms with Gasteiger partial charge in [-0.25, -0.2) is 0 Å². The van der Waals surface area contributed by atoms with E-state index in [-0.39, 0.29) is 0 Å². The van der Waals surface area contributed by atoms with Gasteiger partial charge in [0.25, 0.3) is 0 Å². The summed E-state index contributed by atoms with van der Waals surface area (Å²) in [5, 5.41) is 12.6. The van der Waals surface area contributed by atoms with Crippen LogP contribution in [0.5, 0.6) is 0 Å². The fourth-order valence-electron chi connectivity index (χ4n) is 5.44. The molecule has 0 saturated heterocycles. The zero-order chi connectivity index (χ0) is 23.2. The quantitative estimate of drug-likeness (QED) is 0.210. The van der Waals surface area contributed by atoms with Gasteiger partial charge in [-0.05, 0) is 85.3 Å². The highest BCUT2D eigenvalue weighted by molar-refractivity contribution is 6.99. The summed E-state index contributed by atoms with van der Waals surface area (Å²) in [6, 6.07) is 40.9. The molecule has 1 heteroatoms. The van der Waals surface area contributed by atoms with Crippen LogP contribution in [0.15, 0.2) is 109 Å². The van der Waals surface area contributed by atoms with Crippen molar-refractivity contribution in [3.05, 3.63) is 126 Å². The van der Waals surface area contributed by atoms with Crippen LogP contribution in [0.25, 0.3) is 32.3 Å². The Labute approximate surface area is 203 Å². The van der Waals surface area contributed by atoms with Crippen molar-refractivity contribution in [2.75, 3.05) is 0 Å². The number of aryl methyl sites for hydroxylation is 3. The van der Waals surface area contributed by atoms with Crippen molar-refractivity contribution in [2.45, 2.75) is 20.8 Å². The van der Waals surface area contributed by atoms with E-state index in [1.165, 1.54) is 64.6 Å². The molecule has 1 radical (unpaired) electrons. The van der Waals surface area contributed by atoms with Gasteiger partial charge in [0, 0.05) is 0 Å². The van der Waals surface area contributed by atoms with Crippen LogP contribution in [0, 0.1) is 20.8 Å². The molecule has 6 aromatic rings. The van der Waals surface area contributed by atoms with Gasteiger partial charge in [0.2, 0.25) is 0 Å². The van der Waals surface area contributed by atoms with Gasteiger partial charge < -0.3 is 0 Å². The molecular weight excluding hydrogens is 424 g/mol. The standard InChI is InChI=1S/C33H27Si/c1-22-16-19-31(28-13-7-4-10-25(22)28)34(32-20-17-23(2)26-11-5-8-14-29(26)32)33-21-18-24(3)27-12-6-9-15-30(27)33/h4-21H,1-3H3. The van der Waals surface area contributed by atoms with Gasteiger partial charge in [0.05, 0.1) is 0 Å². The Kier molecular flexibility index (Phi) is 5.08. The molecule has 163 valence electrons. The number of hydrogen-bond acceptors (Lipinski definition) is 0. The highest BCUT2D eigenvalue weighted by Crippen LogP contribution is 2.23. The molecule has 0 nitrogen and oxygen atoms in total. The normalized spacial score (nSPS) is 11.6. The molecular formula is C33H27Si. The Morgan fingerprint density at radius 2 is 0.588 bits per heavy atom. The maximum absolute atomic E-state index is 2.40.